The Morgan fingerprint density at radius 3 is 2.55 bits per heavy atom. The minimum atomic E-state index is -4.19. The maximum absolute atomic E-state index is 13.0. The molecule has 0 aliphatic carbocycles. The highest BCUT2D eigenvalue weighted by Crippen LogP contribution is 2.23. The van der Waals surface area contributed by atoms with Crippen molar-refractivity contribution in [3.05, 3.63) is 53.2 Å². The smallest absolute Gasteiger partial charge is 0.411 e. The predicted molar refractivity (Wildman–Crippen MR) is 153 cm³/mol. The number of terminal acetylenes is 1. The molecule has 2 heterocycles. The molecule has 0 spiro atoms. The SMILES string of the molecule is C#CCOC(=O)N1C[C@H](OCC(=O)NC[C@H](NS(=O)(=O)c2c(C)cc(C)cc2C)C(=O)O)C[C@H]1CNc1ccccn1. The first-order valence-electron chi connectivity index (χ1n) is 13.1. The molecule has 13 nitrogen and oxygen atoms in total. The lowest BCUT2D eigenvalue weighted by atomic mass is 10.1. The number of carbonyl (C=O) groups is 3. The van der Waals surface area contributed by atoms with Gasteiger partial charge in [-0.3, -0.25) is 9.59 Å². The van der Waals surface area contributed by atoms with Crippen LogP contribution in [0, 0.1) is 33.1 Å². The zero-order chi connectivity index (χ0) is 30.9. The van der Waals surface area contributed by atoms with Crippen molar-refractivity contribution in [2.75, 3.05) is 38.2 Å². The Morgan fingerprint density at radius 1 is 1.21 bits per heavy atom. The van der Waals surface area contributed by atoms with E-state index in [0.29, 0.717) is 29.9 Å². The van der Waals surface area contributed by atoms with Gasteiger partial charge in [0, 0.05) is 19.3 Å². The molecule has 2 aromatic rings. The fourth-order valence-electron chi connectivity index (χ4n) is 4.76. The normalized spacial score (nSPS) is 17.2. The highest BCUT2D eigenvalue weighted by Gasteiger charge is 2.37. The number of rotatable bonds is 13. The molecule has 0 saturated carbocycles. The molecule has 14 heteroatoms. The zero-order valence-electron chi connectivity index (χ0n) is 23.6. The van der Waals surface area contributed by atoms with Gasteiger partial charge in [0.25, 0.3) is 0 Å². The zero-order valence-corrected chi connectivity index (χ0v) is 24.4. The molecule has 1 saturated heterocycles. The van der Waals surface area contributed by atoms with Crippen molar-refractivity contribution < 1.29 is 37.4 Å². The van der Waals surface area contributed by atoms with Gasteiger partial charge in [-0.2, -0.15) is 4.72 Å². The number of carboxylic acid groups (broad SMARTS) is 1. The monoisotopic (exact) mass is 601 g/mol. The molecule has 1 fully saturated rings. The van der Waals surface area contributed by atoms with Crippen molar-refractivity contribution in [2.45, 2.75) is 50.3 Å². The Labute approximate surface area is 245 Å². The van der Waals surface area contributed by atoms with E-state index >= 15 is 0 Å². The second-order valence-corrected chi connectivity index (χ2v) is 11.5. The van der Waals surface area contributed by atoms with Crippen LogP contribution in [-0.2, 0) is 29.1 Å². The number of benzene rings is 1. The summed E-state index contributed by atoms with van der Waals surface area (Å²) in [4.78, 5) is 42.5. The summed E-state index contributed by atoms with van der Waals surface area (Å²) in [5.74, 6) is 0.755. The van der Waals surface area contributed by atoms with Gasteiger partial charge in [0.15, 0.2) is 6.61 Å². The predicted octanol–water partition coefficient (Wildman–Crippen LogP) is 1.20. The largest absolute Gasteiger partial charge is 0.480 e. The van der Waals surface area contributed by atoms with Crippen molar-refractivity contribution in [1.29, 1.82) is 0 Å². The number of aromatic nitrogens is 1. The van der Waals surface area contributed by atoms with E-state index in [9.17, 15) is 27.9 Å². The van der Waals surface area contributed by atoms with Gasteiger partial charge in [-0.1, -0.05) is 29.7 Å². The first-order chi connectivity index (χ1) is 19.9. The lowest BCUT2D eigenvalue weighted by Crippen LogP contribution is -2.49. The summed E-state index contributed by atoms with van der Waals surface area (Å²) in [5.41, 5.74) is 1.82. The summed E-state index contributed by atoms with van der Waals surface area (Å²) in [6.45, 7) is 4.42. The third-order valence-electron chi connectivity index (χ3n) is 6.50. The molecular formula is C28H35N5O8S. The van der Waals surface area contributed by atoms with Gasteiger partial charge >= 0.3 is 12.1 Å². The van der Waals surface area contributed by atoms with Crippen LogP contribution in [0.2, 0.25) is 0 Å². The topological polar surface area (TPSA) is 176 Å². The van der Waals surface area contributed by atoms with E-state index in [4.69, 9.17) is 15.9 Å². The van der Waals surface area contributed by atoms with Crippen LogP contribution < -0.4 is 15.4 Å². The highest BCUT2D eigenvalue weighted by molar-refractivity contribution is 7.89. The lowest BCUT2D eigenvalue weighted by Gasteiger charge is -2.23. The van der Waals surface area contributed by atoms with Gasteiger partial charge in [0.05, 0.1) is 23.6 Å². The molecule has 3 rings (SSSR count). The lowest BCUT2D eigenvalue weighted by molar-refractivity contribution is -0.139. The van der Waals surface area contributed by atoms with Crippen LogP contribution in [0.15, 0.2) is 41.4 Å². The Bertz CT molecular complexity index is 1400. The molecule has 0 bridgehead atoms. The minimum Gasteiger partial charge on any atom is -0.480 e. The van der Waals surface area contributed by atoms with Crippen LogP contribution in [-0.4, -0.2) is 92.4 Å². The number of likely N-dealkylation sites (tertiary alicyclic amines) is 1. The van der Waals surface area contributed by atoms with Crippen LogP contribution in [0.4, 0.5) is 10.6 Å². The molecule has 1 aromatic heterocycles. The van der Waals surface area contributed by atoms with E-state index in [0.717, 1.165) is 5.56 Å². The van der Waals surface area contributed by atoms with E-state index in [1.807, 2.05) is 13.0 Å². The fourth-order valence-corrected chi connectivity index (χ4v) is 6.41. The Hall–Kier alpha value is -4.19. The Balaban J connectivity index is 1.56. The fraction of sp³-hybridized carbons (Fsp3) is 0.429. The van der Waals surface area contributed by atoms with Crippen LogP contribution >= 0.6 is 0 Å². The highest BCUT2D eigenvalue weighted by atomic mass is 32.2. The van der Waals surface area contributed by atoms with E-state index < -0.39 is 53.3 Å². The average molecular weight is 602 g/mol. The molecule has 42 heavy (non-hydrogen) atoms. The number of pyridine rings is 1. The Kier molecular flexibility index (Phi) is 11.3. The number of ether oxygens (including phenoxy) is 2. The summed E-state index contributed by atoms with van der Waals surface area (Å²) >= 11 is 0. The third-order valence-corrected chi connectivity index (χ3v) is 8.27. The number of sulfonamides is 1. The molecule has 1 aliphatic heterocycles. The molecule has 2 amide bonds. The maximum Gasteiger partial charge on any atom is 0.411 e. The quantitative estimate of drug-likeness (QED) is 0.244. The maximum atomic E-state index is 13.0. The molecule has 3 atom stereocenters. The van der Waals surface area contributed by atoms with Gasteiger partial charge in [0.2, 0.25) is 15.9 Å². The van der Waals surface area contributed by atoms with Crippen molar-refractivity contribution >= 4 is 33.8 Å². The number of carboxylic acids is 1. The van der Waals surface area contributed by atoms with E-state index in [2.05, 4.69) is 26.3 Å². The van der Waals surface area contributed by atoms with Crippen LogP contribution in [0.3, 0.4) is 0 Å². The van der Waals surface area contributed by atoms with Crippen molar-refractivity contribution in [3.8, 4) is 12.3 Å². The molecule has 0 radical (unpaired) electrons. The van der Waals surface area contributed by atoms with Gasteiger partial charge < -0.3 is 30.1 Å². The van der Waals surface area contributed by atoms with Crippen molar-refractivity contribution in [3.63, 3.8) is 0 Å². The first-order valence-corrected chi connectivity index (χ1v) is 14.6. The standard InChI is InChI=1S/C28H35N5O8S/c1-5-10-40-28(37)33-16-22(13-21(33)14-30-24-8-6-7-9-29-24)41-17-25(34)31-15-23(27(35)36)32-42(38,39)26-19(3)11-18(2)12-20(26)4/h1,6-9,11-12,21-23,32H,10,13-17H2,2-4H3,(H,29,30)(H,31,34)(H,35,36)/t21-,22+,23-/m0/s1. The third kappa shape index (κ3) is 8.90. The Morgan fingerprint density at radius 2 is 1.93 bits per heavy atom. The van der Waals surface area contributed by atoms with Gasteiger partial charge in [-0.25, -0.2) is 18.2 Å². The summed E-state index contributed by atoms with van der Waals surface area (Å²) in [6, 6.07) is 6.79. The molecule has 1 aliphatic rings. The number of nitrogens with one attached hydrogen (secondary N) is 3. The van der Waals surface area contributed by atoms with Crippen LogP contribution in [0.5, 0.6) is 0 Å². The minimum absolute atomic E-state index is 0.00680. The molecule has 1 aromatic carbocycles. The van der Waals surface area contributed by atoms with E-state index in [1.54, 1.807) is 44.3 Å². The summed E-state index contributed by atoms with van der Waals surface area (Å²) in [6.07, 6.45) is 6.06. The van der Waals surface area contributed by atoms with Crippen molar-refractivity contribution in [1.82, 2.24) is 19.9 Å². The summed E-state index contributed by atoms with van der Waals surface area (Å²) < 4.78 is 38.9. The number of aryl methyl sites for hydroxylation is 3. The van der Waals surface area contributed by atoms with E-state index in [1.165, 1.54) is 4.90 Å². The molecular weight excluding hydrogens is 566 g/mol. The van der Waals surface area contributed by atoms with Crippen molar-refractivity contribution in [2.24, 2.45) is 0 Å². The number of hydrogen-bond acceptors (Lipinski definition) is 9. The summed E-state index contributed by atoms with van der Waals surface area (Å²) in [7, 11) is -4.19. The second-order valence-electron chi connectivity index (χ2n) is 9.87. The molecule has 0 unspecified atom stereocenters. The van der Waals surface area contributed by atoms with Gasteiger partial charge in [-0.05, 0) is 50.5 Å². The van der Waals surface area contributed by atoms with Gasteiger partial charge in [-0.15, -0.1) is 6.42 Å². The number of anilines is 1. The number of aliphatic carboxylic acids is 1. The number of hydrogen-bond donors (Lipinski definition) is 4. The number of nitrogens with zero attached hydrogens (tertiary/aromatic N) is 2. The van der Waals surface area contributed by atoms with Crippen LogP contribution in [0.25, 0.3) is 0 Å². The molecule has 226 valence electrons. The van der Waals surface area contributed by atoms with Crippen LogP contribution in [0.1, 0.15) is 23.1 Å². The number of amides is 2. The average Bonchev–Trinajstić information content (AvgIpc) is 3.34. The number of carbonyl (C=O) groups excluding carboxylic acids is 2. The second kappa shape index (κ2) is 14.6. The first kappa shape index (κ1) is 32.3. The van der Waals surface area contributed by atoms with Gasteiger partial charge in [0.1, 0.15) is 18.5 Å². The van der Waals surface area contributed by atoms with E-state index in [-0.39, 0.29) is 24.1 Å². The molecule has 4 N–H and O–H groups in total. The summed E-state index contributed by atoms with van der Waals surface area (Å²) in [5, 5.41) is 15.2.